The lowest BCUT2D eigenvalue weighted by Crippen LogP contribution is -2.16. The predicted molar refractivity (Wildman–Crippen MR) is 128 cm³/mol. The fourth-order valence-corrected chi connectivity index (χ4v) is 5.68. The largest absolute Gasteiger partial charge is 0.492 e. The van der Waals surface area contributed by atoms with E-state index in [-0.39, 0.29) is 11.9 Å². The van der Waals surface area contributed by atoms with Gasteiger partial charge in [0, 0.05) is 11.3 Å². The van der Waals surface area contributed by atoms with Gasteiger partial charge in [0.1, 0.15) is 10.8 Å². The summed E-state index contributed by atoms with van der Waals surface area (Å²) in [7, 11) is 1.38. The quantitative estimate of drug-likeness (QED) is 0.334. The van der Waals surface area contributed by atoms with Crippen molar-refractivity contribution in [3.8, 4) is 5.75 Å². The molecule has 1 amide bonds. The highest BCUT2D eigenvalue weighted by atomic mass is 79.9. The normalized spacial score (nSPS) is 15.5. The summed E-state index contributed by atoms with van der Waals surface area (Å²) in [6.45, 7) is 6.96. The number of benzene rings is 1. The van der Waals surface area contributed by atoms with Gasteiger partial charge in [-0.1, -0.05) is 26.8 Å². The molecule has 1 heterocycles. The summed E-state index contributed by atoms with van der Waals surface area (Å²) in [6.07, 6.45) is 3.75. The summed E-state index contributed by atoms with van der Waals surface area (Å²) in [4.78, 5) is 26.1. The first-order valence-corrected chi connectivity index (χ1v) is 12.4. The molecular weight excluding hydrogens is 478 g/mol. The van der Waals surface area contributed by atoms with Gasteiger partial charge in [0.2, 0.25) is 5.91 Å². The molecule has 1 aromatic carbocycles. The molecule has 1 aromatic heterocycles. The van der Waals surface area contributed by atoms with Crippen LogP contribution in [0.1, 0.15) is 72.3 Å². The van der Waals surface area contributed by atoms with Crippen molar-refractivity contribution in [3.05, 3.63) is 44.2 Å². The highest BCUT2D eigenvalue weighted by Crippen LogP contribution is 2.40. The van der Waals surface area contributed by atoms with Crippen LogP contribution in [-0.4, -0.2) is 25.6 Å². The van der Waals surface area contributed by atoms with Gasteiger partial charge < -0.3 is 14.8 Å². The molecule has 1 N–H and O–H groups in total. The Balaban J connectivity index is 1.56. The van der Waals surface area contributed by atoms with Crippen LogP contribution in [0.15, 0.2) is 22.7 Å². The van der Waals surface area contributed by atoms with E-state index in [9.17, 15) is 9.59 Å². The summed E-state index contributed by atoms with van der Waals surface area (Å²) in [5.41, 5.74) is 2.82. The summed E-state index contributed by atoms with van der Waals surface area (Å²) < 4.78 is 11.7. The topological polar surface area (TPSA) is 64.6 Å². The average Bonchev–Trinajstić information content (AvgIpc) is 3.07. The van der Waals surface area contributed by atoms with E-state index in [0.717, 1.165) is 35.0 Å². The number of carbonyl (C=O) groups is 2. The van der Waals surface area contributed by atoms with Crippen molar-refractivity contribution in [3.63, 3.8) is 0 Å². The minimum atomic E-state index is -0.375. The maximum absolute atomic E-state index is 12.5. The van der Waals surface area contributed by atoms with Crippen LogP contribution in [0, 0.1) is 5.92 Å². The van der Waals surface area contributed by atoms with Crippen LogP contribution in [-0.2, 0) is 22.4 Å². The van der Waals surface area contributed by atoms with Gasteiger partial charge in [-0.05, 0) is 76.7 Å². The molecule has 1 atom stereocenters. The fourth-order valence-electron chi connectivity index (χ4n) is 3.75. The molecule has 1 aliphatic carbocycles. The van der Waals surface area contributed by atoms with E-state index in [1.54, 1.807) is 0 Å². The van der Waals surface area contributed by atoms with E-state index in [0.29, 0.717) is 41.8 Å². The number of fused-ring (bicyclic) bond motifs is 1. The third-order valence-electron chi connectivity index (χ3n) is 5.58. The number of rotatable bonds is 8. The number of esters is 1. The standard InChI is InChI=1S/C24H30BrNO4S/c1-14(2)16-8-10-19(18(25)13-16)30-11-5-6-21(27)26-23-22(24(28)29-4)17-9-7-15(3)12-20(17)31-23/h8,10,13-15H,5-7,9,11-12H2,1-4H3,(H,26,27). The Bertz CT molecular complexity index is 953. The lowest BCUT2D eigenvalue weighted by atomic mass is 9.88. The Kier molecular flexibility index (Phi) is 8.17. The number of anilines is 1. The molecule has 0 spiro atoms. The van der Waals surface area contributed by atoms with Crippen molar-refractivity contribution in [2.45, 2.75) is 58.8 Å². The number of nitrogens with one attached hydrogen (secondary N) is 1. The van der Waals surface area contributed by atoms with Crippen LogP contribution >= 0.6 is 27.3 Å². The maximum atomic E-state index is 12.5. The van der Waals surface area contributed by atoms with Crippen LogP contribution in [0.2, 0.25) is 0 Å². The Labute approximate surface area is 196 Å². The van der Waals surface area contributed by atoms with Gasteiger partial charge in [-0.25, -0.2) is 4.79 Å². The predicted octanol–water partition coefficient (Wildman–Crippen LogP) is 6.34. The molecule has 31 heavy (non-hydrogen) atoms. The van der Waals surface area contributed by atoms with Gasteiger partial charge in [-0.3, -0.25) is 4.79 Å². The van der Waals surface area contributed by atoms with E-state index in [4.69, 9.17) is 9.47 Å². The molecular formula is C24H30BrNO4S. The highest BCUT2D eigenvalue weighted by Gasteiger charge is 2.28. The Morgan fingerprint density at radius 1 is 1.32 bits per heavy atom. The fraction of sp³-hybridized carbons (Fsp3) is 0.500. The molecule has 0 radical (unpaired) electrons. The molecule has 0 bridgehead atoms. The van der Waals surface area contributed by atoms with Crippen LogP contribution in [0.5, 0.6) is 5.75 Å². The van der Waals surface area contributed by atoms with Gasteiger partial charge in [-0.2, -0.15) is 0 Å². The van der Waals surface area contributed by atoms with E-state index in [1.165, 1.54) is 28.9 Å². The average molecular weight is 508 g/mol. The lowest BCUT2D eigenvalue weighted by molar-refractivity contribution is -0.116. The zero-order valence-corrected chi connectivity index (χ0v) is 21.0. The second-order valence-corrected chi connectivity index (χ2v) is 10.4. The van der Waals surface area contributed by atoms with Gasteiger partial charge in [0.05, 0.1) is 23.8 Å². The van der Waals surface area contributed by atoms with Gasteiger partial charge in [0.25, 0.3) is 0 Å². The van der Waals surface area contributed by atoms with E-state index in [1.807, 2.05) is 6.07 Å². The first-order valence-electron chi connectivity index (χ1n) is 10.7. The smallest absolute Gasteiger partial charge is 0.341 e. The summed E-state index contributed by atoms with van der Waals surface area (Å²) in [5.74, 6) is 1.33. The zero-order chi connectivity index (χ0) is 22.5. The molecule has 3 rings (SSSR count). The van der Waals surface area contributed by atoms with Gasteiger partial charge >= 0.3 is 5.97 Å². The maximum Gasteiger partial charge on any atom is 0.341 e. The highest BCUT2D eigenvalue weighted by molar-refractivity contribution is 9.10. The molecule has 0 saturated carbocycles. The van der Waals surface area contributed by atoms with E-state index < -0.39 is 0 Å². The van der Waals surface area contributed by atoms with Crippen LogP contribution in [0.25, 0.3) is 0 Å². The molecule has 2 aromatic rings. The molecule has 1 unspecified atom stereocenters. The molecule has 1 aliphatic rings. The van der Waals surface area contributed by atoms with Crippen molar-refractivity contribution in [1.29, 1.82) is 0 Å². The minimum absolute atomic E-state index is 0.116. The third-order valence-corrected chi connectivity index (χ3v) is 7.37. The van der Waals surface area contributed by atoms with Crippen molar-refractivity contribution < 1.29 is 19.1 Å². The Morgan fingerprint density at radius 2 is 2.10 bits per heavy atom. The van der Waals surface area contributed by atoms with Crippen molar-refractivity contribution in [1.82, 2.24) is 0 Å². The van der Waals surface area contributed by atoms with Gasteiger partial charge in [-0.15, -0.1) is 11.3 Å². The van der Waals surface area contributed by atoms with E-state index >= 15 is 0 Å². The monoisotopic (exact) mass is 507 g/mol. The number of halogens is 1. The molecule has 168 valence electrons. The number of ether oxygens (including phenoxy) is 2. The Hall–Kier alpha value is -1.86. The number of hydrogen-bond donors (Lipinski definition) is 1. The van der Waals surface area contributed by atoms with Crippen LogP contribution < -0.4 is 10.1 Å². The molecule has 0 fully saturated rings. The van der Waals surface area contributed by atoms with Gasteiger partial charge in [0.15, 0.2) is 0 Å². The number of hydrogen-bond acceptors (Lipinski definition) is 5. The second-order valence-electron chi connectivity index (χ2n) is 8.39. The van der Waals surface area contributed by atoms with Crippen LogP contribution in [0.3, 0.4) is 0 Å². The van der Waals surface area contributed by atoms with Crippen LogP contribution in [0.4, 0.5) is 5.00 Å². The van der Waals surface area contributed by atoms with Crippen molar-refractivity contribution >= 4 is 44.1 Å². The number of methoxy groups -OCH3 is 1. The SMILES string of the molecule is COC(=O)c1c(NC(=O)CCCOc2ccc(C(C)C)cc2Br)sc2c1CCC(C)C2. The minimum Gasteiger partial charge on any atom is -0.492 e. The Morgan fingerprint density at radius 3 is 2.77 bits per heavy atom. The lowest BCUT2D eigenvalue weighted by Gasteiger charge is -2.18. The van der Waals surface area contributed by atoms with Crippen molar-refractivity contribution in [2.75, 3.05) is 19.0 Å². The zero-order valence-electron chi connectivity index (χ0n) is 18.5. The number of carbonyl (C=O) groups excluding carboxylic acids is 2. The number of thiophene rings is 1. The molecule has 5 nitrogen and oxygen atoms in total. The summed E-state index contributed by atoms with van der Waals surface area (Å²) >= 11 is 5.06. The number of amides is 1. The summed E-state index contributed by atoms with van der Waals surface area (Å²) in [6, 6.07) is 6.09. The van der Waals surface area contributed by atoms with Crippen molar-refractivity contribution in [2.24, 2.45) is 5.92 Å². The second kappa shape index (κ2) is 10.6. The first kappa shape index (κ1) is 23.8. The third kappa shape index (κ3) is 5.89. The molecule has 0 saturated heterocycles. The first-order chi connectivity index (χ1) is 14.8. The molecule has 7 heteroatoms. The summed E-state index contributed by atoms with van der Waals surface area (Å²) in [5, 5.41) is 3.56. The molecule has 0 aliphatic heterocycles. The van der Waals surface area contributed by atoms with E-state index in [2.05, 4.69) is 54.2 Å².